The van der Waals surface area contributed by atoms with Crippen LogP contribution in [0.2, 0.25) is 0 Å². The molecule has 0 saturated heterocycles. The molecule has 1 heteroatoms. The molecule has 0 heterocycles. The maximum Gasteiger partial charge on any atom is 0.0663 e. The van der Waals surface area contributed by atoms with Gasteiger partial charge in [0.1, 0.15) is 0 Å². The van der Waals surface area contributed by atoms with Gasteiger partial charge in [-0.2, -0.15) is 5.26 Å². The topological polar surface area (TPSA) is 23.8 Å². The van der Waals surface area contributed by atoms with Crippen molar-refractivity contribution in [1.29, 1.82) is 5.26 Å². The van der Waals surface area contributed by atoms with Crippen molar-refractivity contribution in [2.45, 2.75) is 38.5 Å². The smallest absolute Gasteiger partial charge is 0.0663 e. The Kier molecular flexibility index (Phi) is 10.6. The summed E-state index contributed by atoms with van der Waals surface area (Å²) in [6, 6.07) is 2.09. The highest BCUT2D eigenvalue weighted by atomic mass is 14.2. The minimum atomic E-state index is 0.541. The second-order valence-electron chi connectivity index (χ2n) is 3.11. The summed E-state index contributed by atoms with van der Waals surface area (Å²) < 4.78 is 0. The van der Waals surface area contributed by atoms with Gasteiger partial charge >= 0.3 is 0 Å². The van der Waals surface area contributed by atoms with Gasteiger partial charge in [0.15, 0.2) is 0 Å². The number of nitriles is 1. The van der Waals surface area contributed by atoms with Crippen molar-refractivity contribution < 1.29 is 0 Å². The molecule has 0 rings (SSSR count). The van der Waals surface area contributed by atoms with Gasteiger partial charge in [-0.1, -0.05) is 30.4 Å². The second-order valence-corrected chi connectivity index (χ2v) is 3.11. The number of nitrogens with zero attached hydrogens (tertiary/aromatic N) is 1. The minimum Gasteiger partial charge on any atom is -0.198 e. The van der Waals surface area contributed by atoms with Crippen molar-refractivity contribution in [3.8, 4) is 6.07 Å². The molecule has 0 N–H and O–H groups in total. The molecule has 0 aromatic carbocycles. The zero-order chi connectivity index (χ0) is 10.5. The fourth-order valence-electron chi connectivity index (χ4n) is 1.09. The van der Waals surface area contributed by atoms with Crippen LogP contribution >= 0.6 is 0 Å². The molecule has 76 valence electrons. The third-order valence-corrected chi connectivity index (χ3v) is 1.84. The molecule has 0 amide bonds. The Labute approximate surface area is 87.4 Å². The summed E-state index contributed by atoms with van der Waals surface area (Å²) in [4.78, 5) is 0. The predicted molar refractivity (Wildman–Crippen MR) is 61.8 cm³/mol. The highest BCUT2D eigenvalue weighted by Crippen LogP contribution is 2.02. The van der Waals surface area contributed by atoms with Crippen molar-refractivity contribution in [3.63, 3.8) is 0 Å². The average Bonchev–Trinajstić information content (AvgIpc) is 2.21. The van der Waals surface area contributed by atoms with Crippen molar-refractivity contribution >= 4 is 0 Å². The molecular weight excluding hydrogens is 170 g/mol. The van der Waals surface area contributed by atoms with E-state index in [1.807, 2.05) is 12.2 Å². The van der Waals surface area contributed by atoms with Gasteiger partial charge in [-0.05, 0) is 32.1 Å². The third-order valence-electron chi connectivity index (χ3n) is 1.84. The van der Waals surface area contributed by atoms with Gasteiger partial charge < -0.3 is 0 Å². The van der Waals surface area contributed by atoms with Crippen LogP contribution < -0.4 is 0 Å². The standard InChI is InChI=1S/C13H19N/c1-2-3-4-5-6-7-8-9-10-11-12-13-14/h2,4-5,10-11H,1,3,6-9,12H2/b5-4+,11-10+. The molecular formula is C13H19N. The highest BCUT2D eigenvalue weighted by Gasteiger charge is 1.83. The van der Waals surface area contributed by atoms with E-state index in [1.54, 1.807) is 0 Å². The minimum absolute atomic E-state index is 0.541. The first kappa shape index (κ1) is 12.7. The summed E-state index contributed by atoms with van der Waals surface area (Å²) >= 11 is 0. The van der Waals surface area contributed by atoms with Crippen LogP contribution in [-0.2, 0) is 0 Å². The number of hydrogen-bond donors (Lipinski definition) is 0. The molecule has 0 spiro atoms. The van der Waals surface area contributed by atoms with Crippen molar-refractivity contribution in [1.82, 2.24) is 0 Å². The van der Waals surface area contributed by atoms with Crippen LogP contribution in [-0.4, -0.2) is 0 Å². The van der Waals surface area contributed by atoms with Crippen LogP contribution in [0.5, 0.6) is 0 Å². The van der Waals surface area contributed by atoms with E-state index < -0.39 is 0 Å². The molecule has 0 aliphatic rings. The van der Waals surface area contributed by atoms with E-state index in [0.717, 1.165) is 19.3 Å². The summed E-state index contributed by atoms with van der Waals surface area (Å²) in [7, 11) is 0. The largest absolute Gasteiger partial charge is 0.198 e. The molecule has 1 nitrogen and oxygen atoms in total. The van der Waals surface area contributed by atoms with Crippen LogP contribution in [0.4, 0.5) is 0 Å². The van der Waals surface area contributed by atoms with E-state index in [-0.39, 0.29) is 0 Å². The van der Waals surface area contributed by atoms with Gasteiger partial charge in [0.25, 0.3) is 0 Å². The Hall–Kier alpha value is -1.29. The first-order chi connectivity index (χ1) is 6.91. The summed E-state index contributed by atoms with van der Waals surface area (Å²) in [6.07, 6.45) is 16.5. The lowest BCUT2D eigenvalue weighted by Gasteiger charge is -1.92. The Morgan fingerprint density at radius 1 is 1.00 bits per heavy atom. The maximum absolute atomic E-state index is 8.27. The van der Waals surface area contributed by atoms with Crippen LogP contribution in [0.25, 0.3) is 0 Å². The Morgan fingerprint density at radius 2 is 1.64 bits per heavy atom. The summed E-state index contributed by atoms with van der Waals surface area (Å²) in [5.74, 6) is 0. The zero-order valence-corrected chi connectivity index (χ0v) is 8.78. The number of allylic oxidation sites excluding steroid dienone is 5. The molecule has 0 bridgehead atoms. The van der Waals surface area contributed by atoms with Crippen molar-refractivity contribution in [2.24, 2.45) is 0 Å². The lowest BCUT2D eigenvalue weighted by molar-refractivity contribution is 0.760. The fraction of sp³-hybridized carbons (Fsp3) is 0.462. The molecule has 0 fully saturated rings. The van der Waals surface area contributed by atoms with E-state index in [4.69, 9.17) is 5.26 Å². The molecule has 0 unspecified atom stereocenters. The molecule has 0 radical (unpaired) electrons. The van der Waals surface area contributed by atoms with E-state index in [0.29, 0.717) is 6.42 Å². The zero-order valence-electron chi connectivity index (χ0n) is 8.78. The summed E-state index contributed by atoms with van der Waals surface area (Å²) in [6.45, 7) is 3.65. The molecule has 0 aromatic heterocycles. The summed E-state index contributed by atoms with van der Waals surface area (Å²) in [5, 5.41) is 8.27. The van der Waals surface area contributed by atoms with Crippen LogP contribution in [0, 0.1) is 11.3 Å². The van der Waals surface area contributed by atoms with Crippen molar-refractivity contribution in [2.75, 3.05) is 0 Å². The SMILES string of the molecule is C=CC/C=C/CCCC/C=C/CC#N. The first-order valence-corrected chi connectivity index (χ1v) is 5.19. The predicted octanol–water partition coefficient (Wildman–Crippen LogP) is 4.15. The first-order valence-electron chi connectivity index (χ1n) is 5.19. The van der Waals surface area contributed by atoms with Gasteiger partial charge in [-0.25, -0.2) is 0 Å². The van der Waals surface area contributed by atoms with Gasteiger partial charge in [-0.3, -0.25) is 0 Å². The van der Waals surface area contributed by atoms with Crippen LogP contribution in [0.3, 0.4) is 0 Å². The van der Waals surface area contributed by atoms with Gasteiger partial charge in [0, 0.05) is 0 Å². The molecule has 0 aliphatic carbocycles. The number of hydrogen-bond acceptors (Lipinski definition) is 1. The van der Waals surface area contributed by atoms with Crippen molar-refractivity contribution in [3.05, 3.63) is 37.0 Å². The van der Waals surface area contributed by atoms with Crippen LogP contribution in [0.15, 0.2) is 37.0 Å². The maximum atomic E-state index is 8.27. The van der Waals surface area contributed by atoms with E-state index in [9.17, 15) is 0 Å². The molecule has 14 heavy (non-hydrogen) atoms. The lowest BCUT2D eigenvalue weighted by Crippen LogP contribution is -1.72. The Morgan fingerprint density at radius 3 is 2.21 bits per heavy atom. The molecule has 0 aromatic rings. The second kappa shape index (κ2) is 11.7. The van der Waals surface area contributed by atoms with E-state index in [2.05, 4.69) is 30.9 Å². The lowest BCUT2D eigenvalue weighted by atomic mass is 10.1. The monoisotopic (exact) mass is 189 g/mol. The van der Waals surface area contributed by atoms with Gasteiger partial charge in [-0.15, -0.1) is 6.58 Å². The Bertz CT molecular complexity index is 218. The number of rotatable bonds is 8. The Balaban J connectivity index is 3.14. The normalized spacial score (nSPS) is 10.8. The van der Waals surface area contributed by atoms with E-state index in [1.165, 1.54) is 12.8 Å². The van der Waals surface area contributed by atoms with Gasteiger partial charge in [0.2, 0.25) is 0 Å². The fourth-order valence-corrected chi connectivity index (χ4v) is 1.09. The number of unbranched alkanes of at least 4 members (excludes halogenated alkanes) is 3. The van der Waals surface area contributed by atoms with E-state index >= 15 is 0 Å². The molecule has 0 saturated carbocycles. The highest BCUT2D eigenvalue weighted by molar-refractivity contribution is 4.91. The quantitative estimate of drug-likeness (QED) is 0.415. The van der Waals surface area contributed by atoms with Gasteiger partial charge in [0.05, 0.1) is 12.5 Å². The molecule has 0 atom stereocenters. The average molecular weight is 189 g/mol. The van der Waals surface area contributed by atoms with Crippen LogP contribution in [0.1, 0.15) is 38.5 Å². The molecule has 0 aliphatic heterocycles. The summed E-state index contributed by atoms with van der Waals surface area (Å²) in [5.41, 5.74) is 0. The third kappa shape index (κ3) is 10.7.